The van der Waals surface area contributed by atoms with Crippen LogP contribution in [0, 0.1) is 5.92 Å². The van der Waals surface area contributed by atoms with E-state index in [9.17, 15) is 9.59 Å². The predicted octanol–water partition coefficient (Wildman–Crippen LogP) is 3.43. The summed E-state index contributed by atoms with van der Waals surface area (Å²) < 4.78 is 5.46. The third kappa shape index (κ3) is 3.43. The van der Waals surface area contributed by atoms with Crippen LogP contribution in [-0.4, -0.2) is 24.6 Å². The highest BCUT2D eigenvalue weighted by atomic mass is 16.5. The maximum atomic E-state index is 12.2. The average molecular weight is 352 g/mol. The summed E-state index contributed by atoms with van der Waals surface area (Å²) in [7, 11) is 0. The molecule has 0 saturated carbocycles. The molecule has 1 aliphatic rings. The summed E-state index contributed by atoms with van der Waals surface area (Å²) in [6, 6.07) is 15.6. The molecule has 0 aromatic heterocycles. The zero-order valence-electron chi connectivity index (χ0n) is 15.1. The maximum absolute atomic E-state index is 12.2. The van der Waals surface area contributed by atoms with Crippen molar-refractivity contribution in [3.63, 3.8) is 0 Å². The summed E-state index contributed by atoms with van der Waals surface area (Å²) in [5.41, 5.74) is 10.0. The maximum Gasteiger partial charge on any atom is 0.407 e. The van der Waals surface area contributed by atoms with Crippen LogP contribution in [0.4, 0.5) is 4.79 Å². The van der Waals surface area contributed by atoms with E-state index in [0.717, 1.165) is 17.5 Å². The van der Waals surface area contributed by atoms with Gasteiger partial charge in [-0.2, -0.15) is 0 Å². The summed E-state index contributed by atoms with van der Waals surface area (Å²) in [6.45, 7) is 4.03. The van der Waals surface area contributed by atoms with Gasteiger partial charge in [0.2, 0.25) is 5.91 Å². The van der Waals surface area contributed by atoms with Gasteiger partial charge in [-0.15, -0.1) is 0 Å². The molecule has 0 heterocycles. The van der Waals surface area contributed by atoms with Gasteiger partial charge in [0.25, 0.3) is 0 Å². The molecule has 3 N–H and O–H groups in total. The molecule has 0 saturated heterocycles. The van der Waals surface area contributed by atoms with Crippen LogP contribution >= 0.6 is 0 Å². The number of benzene rings is 2. The van der Waals surface area contributed by atoms with E-state index in [-0.39, 0.29) is 18.4 Å². The fourth-order valence-electron chi connectivity index (χ4n) is 3.50. The third-order valence-electron chi connectivity index (χ3n) is 5.14. The fraction of sp³-hybridized carbons (Fsp3) is 0.333. The molecule has 0 spiro atoms. The van der Waals surface area contributed by atoms with Crippen molar-refractivity contribution in [1.82, 2.24) is 5.32 Å². The minimum atomic E-state index is -0.726. The molecule has 5 nitrogen and oxygen atoms in total. The molecule has 0 radical (unpaired) electrons. The molecule has 1 aliphatic carbocycles. The average Bonchev–Trinajstić information content (AvgIpc) is 2.97. The fourth-order valence-corrected chi connectivity index (χ4v) is 3.50. The summed E-state index contributed by atoms with van der Waals surface area (Å²) in [4.78, 5) is 23.8. The molecule has 0 unspecified atom stereocenters. The molecule has 2 aromatic rings. The van der Waals surface area contributed by atoms with Crippen LogP contribution in [-0.2, 0) is 9.53 Å². The largest absolute Gasteiger partial charge is 0.449 e. The highest BCUT2D eigenvalue weighted by Crippen LogP contribution is 2.44. The second kappa shape index (κ2) is 7.60. The molecule has 136 valence electrons. The number of hydrogen-bond acceptors (Lipinski definition) is 3. The number of nitrogens with two attached hydrogens (primary N) is 1. The van der Waals surface area contributed by atoms with Crippen LogP contribution in [0.25, 0.3) is 11.1 Å². The molecule has 2 aromatic carbocycles. The molecule has 2 amide bonds. The quantitative estimate of drug-likeness (QED) is 0.836. The lowest BCUT2D eigenvalue weighted by atomic mass is 9.98. The van der Waals surface area contributed by atoms with Crippen molar-refractivity contribution in [2.45, 2.75) is 32.2 Å². The van der Waals surface area contributed by atoms with Crippen molar-refractivity contribution < 1.29 is 14.3 Å². The Morgan fingerprint density at radius 1 is 1.08 bits per heavy atom. The van der Waals surface area contributed by atoms with Crippen molar-refractivity contribution >= 4 is 12.0 Å². The van der Waals surface area contributed by atoms with E-state index in [1.807, 2.05) is 38.1 Å². The second-order valence-corrected chi connectivity index (χ2v) is 6.74. The van der Waals surface area contributed by atoms with Gasteiger partial charge >= 0.3 is 6.09 Å². The zero-order valence-corrected chi connectivity index (χ0v) is 15.1. The van der Waals surface area contributed by atoms with Gasteiger partial charge in [-0.1, -0.05) is 68.8 Å². The summed E-state index contributed by atoms with van der Waals surface area (Å²) in [6.07, 6.45) is 0.119. The normalized spacial score (nSPS) is 14.8. The van der Waals surface area contributed by atoms with Gasteiger partial charge in [0, 0.05) is 5.92 Å². The highest BCUT2D eigenvalue weighted by molar-refractivity contribution is 5.84. The number of primary amides is 1. The summed E-state index contributed by atoms with van der Waals surface area (Å²) in [5, 5.41) is 2.60. The molecule has 2 atom stereocenters. The first-order valence-corrected chi connectivity index (χ1v) is 8.93. The van der Waals surface area contributed by atoms with Gasteiger partial charge in [0.1, 0.15) is 12.6 Å². The van der Waals surface area contributed by atoms with E-state index in [2.05, 4.69) is 29.6 Å². The minimum Gasteiger partial charge on any atom is -0.449 e. The smallest absolute Gasteiger partial charge is 0.407 e. The van der Waals surface area contributed by atoms with E-state index in [1.54, 1.807) is 0 Å². The monoisotopic (exact) mass is 352 g/mol. The third-order valence-corrected chi connectivity index (χ3v) is 5.14. The Kier molecular flexibility index (Phi) is 5.26. The first kappa shape index (κ1) is 18.0. The number of carbonyl (C=O) groups is 2. The minimum absolute atomic E-state index is 0.0104. The van der Waals surface area contributed by atoms with E-state index in [1.165, 1.54) is 11.1 Å². The van der Waals surface area contributed by atoms with Crippen LogP contribution in [0.3, 0.4) is 0 Å². The number of ether oxygens (including phenoxy) is 1. The molecule has 3 rings (SSSR count). The zero-order chi connectivity index (χ0) is 18.7. The van der Waals surface area contributed by atoms with Crippen LogP contribution in [0.1, 0.15) is 37.3 Å². The van der Waals surface area contributed by atoms with Crippen LogP contribution in [0.2, 0.25) is 0 Å². The van der Waals surface area contributed by atoms with Gasteiger partial charge in [-0.05, 0) is 28.2 Å². The molecule has 0 fully saturated rings. The highest BCUT2D eigenvalue weighted by Gasteiger charge is 2.30. The van der Waals surface area contributed by atoms with Crippen LogP contribution in [0.15, 0.2) is 48.5 Å². The lowest BCUT2D eigenvalue weighted by molar-refractivity contribution is -0.121. The Balaban J connectivity index is 1.72. The number of amides is 2. The lowest BCUT2D eigenvalue weighted by Crippen LogP contribution is -2.48. The first-order valence-electron chi connectivity index (χ1n) is 8.93. The molecule has 26 heavy (non-hydrogen) atoms. The Morgan fingerprint density at radius 2 is 1.62 bits per heavy atom. The molecule has 0 aliphatic heterocycles. The number of rotatable bonds is 6. The predicted molar refractivity (Wildman–Crippen MR) is 101 cm³/mol. The SMILES string of the molecule is CC[C@H](C)[C@H](NC(=O)OCC1c2ccccc2-c2ccccc21)C(N)=O. The molecule has 0 bridgehead atoms. The number of fused-ring (bicyclic) bond motifs is 3. The van der Waals surface area contributed by atoms with Crippen LogP contribution in [0.5, 0.6) is 0 Å². The lowest BCUT2D eigenvalue weighted by Gasteiger charge is -2.21. The Morgan fingerprint density at radius 3 is 2.12 bits per heavy atom. The van der Waals surface area contributed by atoms with Gasteiger partial charge in [-0.3, -0.25) is 4.79 Å². The first-order chi connectivity index (χ1) is 12.5. The van der Waals surface area contributed by atoms with Gasteiger partial charge < -0.3 is 15.8 Å². The number of hydrogen-bond donors (Lipinski definition) is 2. The van der Waals surface area contributed by atoms with Crippen molar-refractivity contribution in [1.29, 1.82) is 0 Å². The summed E-state index contributed by atoms with van der Waals surface area (Å²) in [5.74, 6) is -0.607. The Labute approximate surface area is 153 Å². The van der Waals surface area contributed by atoms with E-state index >= 15 is 0 Å². The van der Waals surface area contributed by atoms with E-state index in [4.69, 9.17) is 10.5 Å². The van der Waals surface area contributed by atoms with Crippen molar-refractivity contribution in [2.75, 3.05) is 6.61 Å². The number of alkyl carbamates (subject to hydrolysis) is 1. The van der Waals surface area contributed by atoms with Crippen molar-refractivity contribution in [3.05, 3.63) is 59.7 Å². The second-order valence-electron chi connectivity index (χ2n) is 6.74. The van der Waals surface area contributed by atoms with Crippen molar-refractivity contribution in [2.24, 2.45) is 11.7 Å². The Bertz CT molecular complexity index is 773. The molecular formula is C21H24N2O3. The van der Waals surface area contributed by atoms with E-state index in [0.29, 0.717) is 0 Å². The van der Waals surface area contributed by atoms with Crippen LogP contribution < -0.4 is 11.1 Å². The number of nitrogens with one attached hydrogen (secondary N) is 1. The topological polar surface area (TPSA) is 81.4 Å². The summed E-state index contributed by atoms with van der Waals surface area (Å²) >= 11 is 0. The van der Waals surface area contributed by atoms with Gasteiger partial charge in [0.15, 0.2) is 0 Å². The Hall–Kier alpha value is -2.82. The molecular weight excluding hydrogens is 328 g/mol. The van der Waals surface area contributed by atoms with Gasteiger partial charge in [0.05, 0.1) is 0 Å². The van der Waals surface area contributed by atoms with Gasteiger partial charge in [-0.25, -0.2) is 4.79 Å². The standard InChI is InChI=1S/C21H24N2O3/c1-3-13(2)19(20(22)24)23-21(25)26-12-18-16-10-6-4-8-14(16)15-9-5-7-11-17(15)18/h4-11,13,18-19H,3,12H2,1-2H3,(H2,22,24)(H,23,25)/t13-,19-/m0/s1. The van der Waals surface area contributed by atoms with E-state index < -0.39 is 18.0 Å². The molecule has 5 heteroatoms. The van der Waals surface area contributed by atoms with Crippen molar-refractivity contribution in [3.8, 4) is 11.1 Å². The number of carbonyl (C=O) groups excluding carboxylic acids is 2.